The number of anilines is 1. The van der Waals surface area contributed by atoms with Crippen molar-refractivity contribution in [2.75, 3.05) is 4.90 Å². The Morgan fingerprint density at radius 2 is 1.86 bits per heavy atom. The minimum atomic E-state index is -0.606. The lowest BCUT2D eigenvalue weighted by molar-refractivity contribution is 0.0924. The van der Waals surface area contributed by atoms with Crippen molar-refractivity contribution in [2.24, 2.45) is 0 Å². The zero-order valence-electron chi connectivity index (χ0n) is 13.6. The maximum absolute atomic E-state index is 13.1. The third-order valence-electron chi connectivity index (χ3n) is 4.11. The molecule has 0 bridgehead atoms. The molecule has 5 rings (SSSR count). The number of nitrogens with zero attached hydrogens (tertiary/aromatic N) is 4. The number of rotatable bonds is 2. The quantitative estimate of drug-likeness (QED) is 0.432. The molecule has 1 aliphatic rings. The first-order valence-corrected chi connectivity index (χ1v) is 10.2. The van der Waals surface area contributed by atoms with Gasteiger partial charge in [-0.1, -0.05) is 40.6 Å². The summed E-state index contributed by atoms with van der Waals surface area (Å²) in [4.78, 5) is 44.2. The first-order chi connectivity index (χ1) is 13.5. The number of carbonyl (C=O) groups excluding carboxylic acids is 2. The summed E-state index contributed by atoms with van der Waals surface area (Å²) >= 11 is 14.4. The minimum absolute atomic E-state index is 0.0475. The van der Waals surface area contributed by atoms with Gasteiger partial charge in [0.15, 0.2) is 11.4 Å². The number of hydrogen-bond acceptors (Lipinski definition) is 7. The molecule has 0 saturated heterocycles. The van der Waals surface area contributed by atoms with E-state index in [1.54, 1.807) is 23.6 Å². The molecular weight excluding hydrogens is 443 g/mol. The zero-order valence-corrected chi connectivity index (χ0v) is 16.7. The number of aromatic nitrogens is 3. The standard InChI is InChI=1S/C17H6Cl2N4O3S2/c18-7-3-4-8(19)9(6-7)22-15(25)12-13(16(22)26)28-17-20-14(24)11(21-23(12)17)10-2-1-5-27-10/h1-6H. The Morgan fingerprint density at radius 1 is 1.04 bits per heavy atom. The van der Waals surface area contributed by atoms with Crippen LogP contribution in [0.1, 0.15) is 20.2 Å². The maximum Gasteiger partial charge on any atom is 0.301 e. The van der Waals surface area contributed by atoms with Crippen LogP contribution in [0.25, 0.3) is 15.5 Å². The lowest BCUT2D eigenvalue weighted by atomic mass is 10.3. The molecular formula is C17H6Cl2N4O3S2. The molecule has 2 amide bonds. The topological polar surface area (TPSA) is 84.6 Å². The molecule has 7 nitrogen and oxygen atoms in total. The molecule has 4 heterocycles. The fraction of sp³-hybridized carbons (Fsp3) is 0. The van der Waals surface area contributed by atoms with Crippen molar-refractivity contribution in [3.8, 4) is 10.6 Å². The molecule has 0 fully saturated rings. The van der Waals surface area contributed by atoms with Gasteiger partial charge in [0.1, 0.15) is 4.88 Å². The third-order valence-corrected chi connectivity index (χ3v) is 6.56. The molecule has 11 heteroatoms. The van der Waals surface area contributed by atoms with Crippen molar-refractivity contribution >= 4 is 68.3 Å². The first-order valence-electron chi connectivity index (χ1n) is 7.77. The Balaban J connectivity index is 1.72. The van der Waals surface area contributed by atoms with E-state index in [0.717, 1.165) is 16.2 Å². The van der Waals surface area contributed by atoms with Crippen molar-refractivity contribution in [1.29, 1.82) is 0 Å². The number of thiazole rings is 1. The average Bonchev–Trinajstić information content (AvgIpc) is 3.35. The van der Waals surface area contributed by atoms with Gasteiger partial charge in [-0.15, -0.1) is 11.3 Å². The third kappa shape index (κ3) is 2.44. The van der Waals surface area contributed by atoms with Crippen LogP contribution < -0.4 is 10.5 Å². The molecule has 28 heavy (non-hydrogen) atoms. The lowest BCUT2D eigenvalue weighted by Gasteiger charge is -2.16. The zero-order chi connectivity index (χ0) is 19.6. The predicted octanol–water partition coefficient (Wildman–Crippen LogP) is 3.99. The van der Waals surface area contributed by atoms with Crippen molar-refractivity contribution in [3.05, 3.63) is 66.7 Å². The summed E-state index contributed by atoms with van der Waals surface area (Å²) in [7, 11) is 0. The van der Waals surface area contributed by atoms with E-state index in [4.69, 9.17) is 23.2 Å². The molecule has 0 spiro atoms. The summed E-state index contributed by atoms with van der Waals surface area (Å²) in [6.07, 6.45) is 0. The Kier molecular flexibility index (Phi) is 3.88. The number of amides is 2. The molecule has 3 aromatic heterocycles. The monoisotopic (exact) mass is 448 g/mol. The largest absolute Gasteiger partial charge is 0.301 e. The molecule has 1 aromatic carbocycles. The fourth-order valence-electron chi connectivity index (χ4n) is 2.90. The number of imide groups is 1. The Morgan fingerprint density at radius 3 is 2.61 bits per heavy atom. The van der Waals surface area contributed by atoms with Crippen molar-refractivity contribution < 1.29 is 9.59 Å². The van der Waals surface area contributed by atoms with Gasteiger partial charge in [0.05, 0.1) is 15.6 Å². The van der Waals surface area contributed by atoms with Crippen molar-refractivity contribution in [2.45, 2.75) is 0 Å². The van der Waals surface area contributed by atoms with E-state index in [-0.39, 0.29) is 31.9 Å². The molecule has 0 radical (unpaired) electrons. The molecule has 0 saturated carbocycles. The summed E-state index contributed by atoms with van der Waals surface area (Å²) in [5.41, 5.74) is -0.163. The number of fused-ring (bicyclic) bond motifs is 3. The van der Waals surface area contributed by atoms with Gasteiger partial charge < -0.3 is 0 Å². The summed E-state index contributed by atoms with van der Waals surface area (Å²) < 4.78 is 1.25. The number of halogens is 2. The molecule has 0 aliphatic carbocycles. The molecule has 0 unspecified atom stereocenters. The van der Waals surface area contributed by atoms with Gasteiger partial charge in [-0.3, -0.25) is 14.4 Å². The average molecular weight is 449 g/mol. The summed E-state index contributed by atoms with van der Waals surface area (Å²) in [6.45, 7) is 0. The van der Waals surface area contributed by atoms with Gasteiger partial charge in [-0.05, 0) is 29.6 Å². The summed E-state index contributed by atoms with van der Waals surface area (Å²) in [5.74, 6) is -1.17. The van der Waals surface area contributed by atoms with Crippen molar-refractivity contribution in [1.82, 2.24) is 14.6 Å². The van der Waals surface area contributed by atoms with Crippen LogP contribution in [0.2, 0.25) is 10.0 Å². The SMILES string of the molecule is O=C1c2sc3nc(=O)c(-c4cccs4)nn3c2C(=O)N1c1cc(Cl)ccc1Cl. The van der Waals surface area contributed by atoms with Crippen molar-refractivity contribution in [3.63, 3.8) is 0 Å². The second kappa shape index (κ2) is 6.21. The van der Waals surface area contributed by atoms with E-state index in [9.17, 15) is 14.4 Å². The number of carbonyl (C=O) groups is 2. The van der Waals surface area contributed by atoms with Gasteiger partial charge in [-0.2, -0.15) is 14.6 Å². The molecule has 1 aliphatic heterocycles. The maximum atomic E-state index is 13.1. The lowest BCUT2D eigenvalue weighted by Crippen LogP contribution is -2.30. The number of hydrogen-bond donors (Lipinski definition) is 0. The van der Waals surface area contributed by atoms with Gasteiger partial charge in [-0.25, -0.2) is 4.90 Å². The van der Waals surface area contributed by atoms with Crippen LogP contribution in [0, 0.1) is 0 Å². The Labute approximate surface area is 174 Å². The van der Waals surface area contributed by atoms with E-state index in [0.29, 0.717) is 9.90 Å². The predicted molar refractivity (Wildman–Crippen MR) is 108 cm³/mol. The van der Waals surface area contributed by atoms with Crippen LogP contribution in [-0.4, -0.2) is 26.4 Å². The molecule has 0 atom stereocenters. The molecule has 4 aromatic rings. The highest BCUT2D eigenvalue weighted by molar-refractivity contribution is 7.19. The number of benzene rings is 1. The second-order valence-corrected chi connectivity index (χ2v) is 8.53. The molecule has 138 valence electrons. The minimum Gasteiger partial charge on any atom is -0.267 e. The highest BCUT2D eigenvalue weighted by Gasteiger charge is 2.42. The van der Waals surface area contributed by atoms with Crippen LogP contribution in [0.5, 0.6) is 0 Å². The van der Waals surface area contributed by atoms with Crippen LogP contribution in [0.15, 0.2) is 40.5 Å². The van der Waals surface area contributed by atoms with Gasteiger partial charge in [0, 0.05) is 5.02 Å². The van der Waals surface area contributed by atoms with Gasteiger partial charge in [0.25, 0.3) is 11.8 Å². The van der Waals surface area contributed by atoms with Crippen LogP contribution >= 0.6 is 45.9 Å². The van der Waals surface area contributed by atoms with Crippen LogP contribution in [0.4, 0.5) is 5.69 Å². The van der Waals surface area contributed by atoms with Crippen LogP contribution in [0.3, 0.4) is 0 Å². The van der Waals surface area contributed by atoms with Gasteiger partial charge >= 0.3 is 5.56 Å². The van der Waals surface area contributed by atoms with E-state index in [1.807, 2.05) is 0 Å². The van der Waals surface area contributed by atoms with Crippen LogP contribution in [-0.2, 0) is 0 Å². The fourth-order valence-corrected chi connectivity index (χ4v) is 4.94. The van der Waals surface area contributed by atoms with E-state index in [2.05, 4.69) is 10.1 Å². The Bertz CT molecular complexity index is 1360. The van der Waals surface area contributed by atoms with Gasteiger partial charge in [0.2, 0.25) is 4.96 Å². The normalized spacial score (nSPS) is 13.6. The number of thiophene rings is 1. The van der Waals surface area contributed by atoms with E-state index in [1.165, 1.54) is 28.0 Å². The summed E-state index contributed by atoms with van der Waals surface area (Å²) in [5, 5.41) is 6.66. The van der Waals surface area contributed by atoms with E-state index < -0.39 is 17.4 Å². The molecule has 0 N–H and O–H groups in total. The Hall–Kier alpha value is -2.59. The van der Waals surface area contributed by atoms with E-state index >= 15 is 0 Å². The second-order valence-electron chi connectivity index (χ2n) is 5.76. The highest BCUT2D eigenvalue weighted by Crippen LogP contribution is 2.37. The smallest absolute Gasteiger partial charge is 0.267 e. The first kappa shape index (κ1) is 17.5. The summed E-state index contributed by atoms with van der Waals surface area (Å²) in [6, 6.07) is 8.04. The highest BCUT2D eigenvalue weighted by atomic mass is 35.5.